The fraction of sp³-hybridized carbons (Fsp3) is 0.667. The Bertz CT molecular complexity index is 596. The van der Waals surface area contributed by atoms with E-state index in [1.54, 1.807) is 20.8 Å². The van der Waals surface area contributed by atoms with Crippen LogP contribution >= 0.6 is 0 Å². The first-order valence-corrected chi connectivity index (χ1v) is 11.6. The molecule has 240 valence electrons. The first-order chi connectivity index (χ1) is 17.9. The van der Waals surface area contributed by atoms with Crippen molar-refractivity contribution in [3.8, 4) is 0 Å². The van der Waals surface area contributed by atoms with Gasteiger partial charge in [-0.1, -0.05) is 41.5 Å². The molecular formula is C24H48O16. The van der Waals surface area contributed by atoms with E-state index in [1.807, 2.05) is 20.8 Å². The summed E-state index contributed by atoms with van der Waals surface area (Å²) in [7, 11) is 0. The van der Waals surface area contributed by atoms with Crippen molar-refractivity contribution < 1.29 is 79.2 Å². The largest absolute Gasteiger partial charge is 0.481 e. The van der Waals surface area contributed by atoms with Crippen LogP contribution < -0.4 is 0 Å². The van der Waals surface area contributed by atoms with Crippen LogP contribution in [0.15, 0.2) is 0 Å². The Morgan fingerprint density at radius 1 is 0.450 bits per heavy atom. The van der Waals surface area contributed by atoms with Gasteiger partial charge in [0.15, 0.2) is 0 Å². The van der Waals surface area contributed by atoms with Crippen LogP contribution in [0.4, 0.5) is 0 Å². The molecule has 0 saturated heterocycles. The Morgan fingerprint density at radius 2 is 0.625 bits per heavy atom. The molecule has 8 N–H and O–H groups in total. The van der Waals surface area contributed by atoms with Gasteiger partial charge in [0, 0.05) is 52.9 Å². The molecule has 0 aromatic rings. The number of carbonyl (C=O) groups is 8. The van der Waals surface area contributed by atoms with E-state index in [-0.39, 0.29) is 31.6 Å². The molecule has 0 radical (unpaired) electrons. The molecule has 0 rings (SSSR count). The standard InChI is InChI=1S/C5H10O2.C4H8O2.3C3H6O2.3C2H4O2/c1-4(2)3-5(6)7;1-2-3-4(5)6;3*1-2-3(4)5;3*1-2(3)4/h4H,3H2,1-2H3,(H,6,7);2-3H2,1H3,(H,5,6);3*2H2,1H3,(H,4,5);3*1H3,(H,3,4). The second-order valence-corrected chi connectivity index (χ2v) is 6.93. The quantitative estimate of drug-likeness (QED) is 0.209. The molecule has 0 atom stereocenters. The van der Waals surface area contributed by atoms with Crippen LogP contribution in [0.25, 0.3) is 0 Å². The summed E-state index contributed by atoms with van der Waals surface area (Å²) in [6.45, 7) is 13.7. The van der Waals surface area contributed by atoms with E-state index in [9.17, 15) is 24.0 Å². The van der Waals surface area contributed by atoms with E-state index < -0.39 is 47.8 Å². The first-order valence-electron chi connectivity index (χ1n) is 11.6. The molecule has 16 heteroatoms. The van der Waals surface area contributed by atoms with Gasteiger partial charge in [-0.15, -0.1) is 0 Å². The highest BCUT2D eigenvalue weighted by Gasteiger charge is 1.98. The number of hydrogen-bond donors (Lipinski definition) is 8. The number of aliphatic carboxylic acids is 8. The van der Waals surface area contributed by atoms with Gasteiger partial charge in [-0.25, -0.2) is 0 Å². The lowest BCUT2D eigenvalue weighted by atomic mass is 10.1. The van der Waals surface area contributed by atoms with E-state index in [4.69, 9.17) is 55.2 Å². The molecule has 16 nitrogen and oxygen atoms in total. The van der Waals surface area contributed by atoms with Crippen molar-refractivity contribution in [1.82, 2.24) is 0 Å². The van der Waals surface area contributed by atoms with Crippen molar-refractivity contribution in [2.45, 2.75) is 101 Å². The van der Waals surface area contributed by atoms with Crippen LogP contribution in [0.5, 0.6) is 0 Å². The molecule has 0 aliphatic carbocycles. The van der Waals surface area contributed by atoms with Gasteiger partial charge >= 0.3 is 29.8 Å². The van der Waals surface area contributed by atoms with Gasteiger partial charge in [0.1, 0.15) is 0 Å². The molecule has 0 aromatic carbocycles. The lowest BCUT2D eigenvalue weighted by Gasteiger charge is -1.94. The zero-order chi connectivity index (χ0) is 34.4. The molecule has 0 aromatic heterocycles. The Kier molecular flexibility index (Phi) is 67.1. The molecule has 0 heterocycles. The van der Waals surface area contributed by atoms with E-state index in [0.717, 1.165) is 27.2 Å². The van der Waals surface area contributed by atoms with Gasteiger partial charge in [0.2, 0.25) is 0 Å². The number of carboxylic acids is 8. The lowest BCUT2D eigenvalue weighted by Crippen LogP contribution is -1.99. The minimum Gasteiger partial charge on any atom is -0.481 e. The second-order valence-electron chi connectivity index (χ2n) is 6.93. The SMILES string of the molecule is CC(=O)O.CC(=O)O.CC(=O)O.CC(C)CC(=O)O.CCC(=O)O.CCC(=O)O.CCC(=O)O.CCCC(=O)O. The van der Waals surface area contributed by atoms with E-state index in [1.165, 1.54) is 0 Å². The third kappa shape index (κ3) is 472. The van der Waals surface area contributed by atoms with Gasteiger partial charge in [0.25, 0.3) is 17.9 Å². The van der Waals surface area contributed by atoms with Gasteiger partial charge < -0.3 is 40.9 Å². The Hall–Kier alpha value is -4.24. The summed E-state index contributed by atoms with van der Waals surface area (Å²) in [4.78, 5) is 74.5. The Morgan fingerprint density at radius 3 is 0.625 bits per heavy atom. The van der Waals surface area contributed by atoms with Gasteiger partial charge in [-0.05, 0) is 12.3 Å². The molecule has 0 amide bonds. The molecule has 0 spiro atoms. The average molecular weight is 593 g/mol. The first kappa shape index (κ1) is 56.1. The van der Waals surface area contributed by atoms with E-state index in [2.05, 4.69) is 0 Å². The summed E-state index contributed by atoms with van der Waals surface area (Å²) >= 11 is 0. The van der Waals surface area contributed by atoms with E-state index in [0.29, 0.717) is 6.42 Å². The highest BCUT2D eigenvalue weighted by molar-refractivity contribution is 5.67. The maximum Gasteiger partial charge on any atom is 0.303 e. The highest BCUT2D eigenvalue weighted by atomic mass is 16.4. The number of carboxylic acid groups (broad SMARTS) is 8. The summed E-state index contributed by atoms with van der Waals surface area (Å²) in [6, 6.07) is 0. The van der Waals surface area contributed by atoms with Crippen LogP contribution in [0, 0.1) is 5.92 Å². The van der Waals surface area contributed by atoms with Crippen molar-refractivity contribution >= 4 is 47.8 Å². The molecule has 0 saturated carbocycles. The van der Waals surface area contributed by atoms with Crippen molar-refractivity contribution in [1.29, 1.82) is 0 Å². The fourth-order valence-electron chi connectivity index (χ4n) is 0.563. The molecule has 0 aliphatic heterocycles. The molecule has 0 fully saturated rings. The number of rotatable bonds is 7. The van der Waals surface area contributed by atoms with Crippen LogP contribution in [0.3, 0.4) is 0 Å². The zero-order valence-corrected chi connectivity index (χ0v) is 24.7. The Labute approximate surface area is 234 Å². The van der Waals surface area contributed by atoms with Gasteiger partial charge in [-0.2, -0.15) is 0 Å². The summed E-state index contributed by atoms with van der Waals surface area (Å²) in [5.41, 5.74) is 0. The zero-order valence-electron chi connectivity index (χ0n) is 24.7. The minimum atomic E-state index is -0.833. The predicted octanol–water partition coefficient (Wildman–Crippen LogP) is 3.70. The van der Waals surface area contributed by atoms with Crippen molar-refractivity contribution in [3.63, 3.8) is 0 Å². The van der Waals surface area contributed by atoms with Crippen molar-refractivity contribution in [3.05, 3.63) is 0 Å². The fourth-order valence-corrected chi connectivity index (χ4v) is 0.563. The topological polar surface area (TPSA) is 298 Å². The maximum absolute atomic E-state index is 9.81. The maximum atomic E-state index is 9.81. The lowest BCUT2D eigenvalue weighted by molar-refractivity contribution is -0.138. The predicted molar refractivity (Wildman–Crippen MR) is 143 cm³/mol. The summed E-state index contributed by atoms with van der Waals surface area (Å²) in [5.74, 6) is -5.88. The third-order valence-corrected chi connectivity index (χ3v) is 1.95. The van der Waals surface area contributed by atoms with Crippen LogP contribution in [0.2, 0.25) is 0 Å². The van der Waals surface area contributed by atoms with Crippen molar-refractivity contribution in [2.24, 2.45) is 5.92 Å². The Balaban J connectivity index is -0.0000000492. The van der Waals surface area contributed by atoms with Gasteiger partial charge in [0.05, 0.1) is 0 Å². The summed E-state index contributed by atoms with van der Waals surface area (Å²) in [5, 5.41) is 61.4. The average Bonchev–Trinajstić information content (AvgIpc) is 2.73. The smallest absolute Gasteiger partial charge is 0.303 e. The summed E-state index contributed by atoms with van der Waals surface area (Å²) < 4.78 is 0. The normalized spacial score (nSPS) is 7.55. The van der Waals surface area contributed by atoms with E-state index >= 15 is 0 Å². The van der Waals surface area contributed by atoms with Crippen LogP contribution in [0.1, 0.15) is 101 Å². The summed E-state index contributed by atoms with van der Waals surface area (Å²) in [6.07, 6.45) is 1.97. The molecule has 0 unspecified atom stereocenters. The molecule has 0 aliphatic rings. The molecule has 40 heavy (non-hydrogen) atoms. The minimum absolute atomic E-state index is 0.222. The van der Waals surface area contributed by atoms with Gasteiger partial charge in [-0.3, -0.25) is 38.4 Å². The third-order valence-electron chi connectivity index (χ3n) is 1.95. The molecule has 0 bridgehead atoms. The monoisotopic (exact) mass is 592 g/mol. The van der Waals surface area contributed by atoms with Crippen molar-refractivity contribution in [2.75, 3.05) is 0 Å². The van der Waals surface area contributed by atoms with Crippen LogP contribution in [-0.4, -0.2) is 88.6 Å². The highest BCUT2D eigenvalue weighted by Crippen LogP contribution is 1.96. The molecular weight excluding hydrogens is 544 g/mol. The number of hydrogen-bond acceptors (Lipinski definition) is 8. The van der Waals surface area contributed by atoms with Crippen LogP contribution in [-0.2, 0) is 38.4 Å². The second kappa shape index (κ2) is 47.9.